The normalized spacial score (nSPS) is 11.3. The molecule has 0 saturated heterocycles. The predicted molar refractivity (Wildman–Crippen MR) is 81.3 cm³/mol. The highest BCUT2D eigenvalue weighted by Gasteiger charge is 2.17. The summed E-state index contributed by atoms with van der Waals surface area (Å²) in [6, 6.07) is 9.87. The third-order valence-electron chi connectivity index (χ3n) is 3.23. The Labute approximate surface area is 121 Å². The standard InChI is InChI=1S/C16H26N2O2/c1-16(2,9-6-10-19)13-17-12-15(20)18-11-14-7-4-3-5-8-14/h3-5,7-8,17,19H,6,9-13H2,1-2H3,(H,18,20). The summed E-state index contributed by atoms with van der Waals surface area (Å²) < 4.78 is 0. The van der Waals surface area contributed by atoms with E-state index in [4.69, 9.17) is 5.11 Å². The highest BCUT2D eigenvalue weighted by atomic mass is 16.2. The number of aliphatic hydroxyl groups excluding tert-OH is 1. The first-order chi connectivity index (χ1) is 9.53. The largest absolute Gasteiger partial charge is 0.396 e. The van der Waals surface area contributed by atoms with Crippen LogP contribution >= 0.6 is 0 Å². The molecule has 112 valence electrons. The molecule has 0 fully saturated rings. The van der Waals surface area contributed by atoms with Gasteiger partial charge in [0.25, 0.3) is 0 Å². The Morgan fingerprint density at radius 2 is 1.95 bits per heavy atom. The first-order valence-electron chi connectivity index (χ1n) is 7.16. The van der Waals surface area contributed by atoms with Gasteiger partial charge in [0.05, 0.1) is 6.54 Å². The van der Waals surface area contributed by atoms with E-state index in [1.807, 2.05) is 30.3 Å². The van der Waals surface area contributed by atoms with Crippen LogP contribution in [-0.4, -0.2) is 30.7 Å². The fraction of sp³-hybridized carbons (Fsp3) is 0.562. The monoisotopic (exact) mass is 278 g/mol. The molecule has 0 aliphatic carbocycles. The van der Waals surface area contributed by atoms with E-state index < -0.39 is 0 Å². The number of hydrogen-bond donors (Lipinski definition) is 3. The molecule has 1 aromatic rings. The van der Waals surface area contributed by atoms with Gasteiger partial charge in [0.15, 0.2) is 0 Å². The third-order valence-corrected chi connectivity index (χ3v) is 3.23. The number of benzene rings is 1. The Hall–Kier alpha value is -1.39. The lowest BCUT2D eigenvalue weighted by Gasteiger charge is -2.24. The van der Waals surface area contributed by atoms with E-state index in [1.54, 1.807) is 0 Å². The zero-order chi connectivity index (χ0) is 14.8. The lowest BCUT2D eigenvalue weighted by molar-refractivity contribution is -0.120. The Morgan fingerprint density at radius 3 is 2.60 bits per heavy atom. The van der Waals surface area contributed by atoms with Crippen molar-refractivity contribution in [2.75, 3.05) is 19.7 Å². The van der Waals surface area contributed by atoms with Crippen LogP contribution in [0.25, 0.3) is 0 Å². The first-order valence-corrected chi connectivity index (χ1v) is 7.16. The minimum Gasteiger partial charge on any atom is -0.396 e. The maximum Gasteiger partial charge on any atom is 0.234 e. The zero-order valence-electron chi connectivity index (χ0n) is 12.5. The van der Waals surface area contributed by atoms with Gasteiger partial charge >= 0.3 is 0 Å². The van der Waals surface area contributed by atoms with Gasteiger partial charge in [0.2, 0.25) is 5.91 Å². The molecule has 4 nitrogen and oxygen atoms in total. The summed E-state index contributed by atoms with van der Waals surface area (Å²) in [5, 5.41) is 14.9. The lowest BCUT2D eigenvalue weighted by atomic mass is 9.88. The molecule has 0 saturated carbocycles. The number of hydrogen-bond acceptors (Lipinski definition) is 3. The van der Waals surface area contributed by atoms with Gasteiger partial charge in [-0.3, -0.25) is 4.79 Å². The van der Waals surface area contributed by atoms with Gasteiger partial charge < -0.3 is 15.7 Å². The highest BCUT2D eigenvalue weighted by Crippen LogP contribution is 2.20. The molecule has 0 spiro atoms. The summed E-state index contributed by atoms with van der Waals surface area (Å²) in [6.45, 7) is 6.16. The van der Waals surface area contributed by atoms with E-state index in [0.717, 1.165) is 24.9 Å². The van der Waals surface area contributed by atoms with Crippen molar-refractivity contribution >= 4 is 5.91 Å². The van der Waals surface area contributed by atoms with Gasteiger partial charge in [-0.15, -0.1) is 0 Å². The average molecular weight is 278 g/mol. The van der Waals surface area contributed by atoms with Crippen molar-refractivity contribution in [3.63, 3.8) is 0 Å². The van der Waals surface area contributed by atoms with Gasteiger partial charge in [-0.2, -0.15) is 0 Å². The van der Waals surface area contributed by atoms with Crippen molar-refractivity contribution in [3.05, 3.63) is 35.9 Å². The number of carbonyl (C=O) groups excluding carboxylic acids is 1. The second-order valence-corrected chi connectivity index (χ2v) is 5.86. The van der Waals surface area contributed by atoms with Crippen LogP contribution in [0.2, 0.25) is 0 Å². The molecule has 4 heteroatoms. The summed E-state index contributed by atoms with van der Waals surface area (Å²) in [7, 11) is 0. The molecule has 0 aromatic heterocycles. The van der Waals surface area contributed by atoms with Crippen LogP contribution < -0.4 is 10.6 Å². The van der Waals surface area contributed by atoms with E-state index in [0.29, 0.717) is 13.1 Å². The van der Waals surface area contributed by atoms with Crippen molar-refractivity contribution < 1.29 is 9.90 Å². The van der Waals surface area contributed by atoms with Crippen LogP contribution in [0, 0.1) is 5.41 Å². The van der Waals surface area contributed by atoms with Gasteiger partial charge in [-0.05, 0) is 23.8 Å². The zero-order valence-corrected chi connectivity index (χ0v) is 12.5. The van der Waals surface area contributed by atoms with Crippen LogP contribution in [0.3, 0.4) is 0 Å². The third kappa shape index (κ3) is 7.26. The Bertz CT molecular complexity index is 391. The van der Waals surface area contributed by atoms with Crippen molar-refractivity contribution in [2.24, 2.45) is 5.41 Å². The van der Waals surface area contributed by atoms with Crippen LogP contribution in [0.5, 0.6) is 0 Å². The van der Waals surface area contributed by atoms with E-state index in [2.05, 4.69) is 24.5 Å². The molecule has 0 atom stereocenters. The molecule has 1 amide bonds. The molecule has 0 unspecified atom stereocenters. The van der Waals surface area contributed by atoms with Crippen LogP contribution in [0.4, 0.5) is 0 Å². The van der Waals surface area contributed by atoms with E-state index in [-0.39, 0.29) is 17.9 Å². The maximum atomic E-state index is 11.7. The number of nitrogens with one attached hydrogen (secondary N) is 2. The number of rotatable bonds is 9. The predicted octanol–water partition coefficient (Wildman–Crippen LogP) is 1.69. The molecule has 1 aromatic carbocycles. The fourth-order valence-electron chi connectivity index (χ4n) is 2.02. The van der Waals surface area contributed by atoms with Crippen LogP contribution in [0.1, 0.15) is 32.3 Å². The summed E-state index contributed by atoms with van der Waals surface area (Å²) >= 11 is 0. The fourth-order valence-corrected chi connectivity index (χ4v) is 2.02. The second kappa shape index (κ2) is 8.72. The van der Waals surface area contributed by atoms with Crippen LogP contribution in [0.15, 0.2) is 30.3 Å². The van der Waals surface area contributed by atoms with Crippen LogP contribution in [-0.2, 0) is 11.3 Å². The number of carbonyl (C=O) groups is 1. The van der Waals surface area contributed by atoms with E-state index >= 15 is 0 Å². The summed E-state index contributed by atoms with van der Waals surface area (Å²) in [4.78, 5) is 11.7. The molecule has 0 radical (unpaired) electrons. The summed E-state index contributed by atoms with van der Waals surface area (Å²) in [6.07, 6.45) is 1.75. The van der Waals surface area contributed by atoms with Crippen molar-refractivity contribution in [3.8, 4) is 0 Å². The minimum atomic E-state index is 0.00631. The smallest absolute Gasteiger partial charge is 0.234 e. The molecule has 0 aliphatic heterocycles. The maximum absolute atomic E-state index is 11.7. The molecule has 1 rings (SSSR count). The highest BCUT2D eigenvalue weighted by molar-refractivity contribution is 5.77. The van der Waals surface area contributed by atoms with E-state index in [1.165, 1.54) is 0 Å². The first kappa shape index (κ1) is 16.7. The van der Waals surface area contributed by atoms with Crippen molar-refractivity contribution in [2.45, 2.75) is 33.2 Å². The molecule has 0 aliphatic rings. The van der Waals surface area contributed by atoms with Gasteiger partial charge in [-0.1, -0.05) is 44.2 Å². The summed E-state index contributed by atoms with van der Waals surface area (Å²) in [5.41, 5.74) is 1.20. The SMILES string of the molecule is CC(C)(CCCO)CNCC(=O)NCc1ccccc1. The molecular formula is C16H26N2O2. The lowest BCUT2D eigenvalue weighted by Crippen LogP contribution is -2.38. The van der Waals surface area contributed by atoms with E-state index in [9.17, 15) is 4.79 Å². The molecule has 20 heavy (non-hydrogen) atoms. The molecule has 0 bridgehead atoms. The Morgan fingerprint density at radius 1 is 1.25 bits per heavy atom. The van der Waals surface area contributed by atoms with Crippen molar-refractivity contribution in [1.82, 2.24) is 10.6 Å². The van der Waals surface area contributed by atoms with Gasteiger partial charge in [0.1, 0.15) is 0 Å². The number of amides is 1. The van der Waals surface area contributed by atoms with Crippen molar-refractivity contribution in [1.29, 1.82) is 0 Å². The minimum absolute atomic E-state index is 0.00631. The summed E-state index contributed by atoms with van der Waals surface area (Å²) in [5.74, 6) is 0.00631. The second-order valence-electron chi connectivity index (χ2n) is 5.86. The Balaban J connectivity index is 2.17. The molecule has 3 N–H and O–H groups in total. The quantitative estimate of drug-likeness (QED) is 0.644. The Kier molecular flexibility index (Phi) is 7.26. The molecule has 0 heterocycles. The number of aliphatic hydroxyl groups is 1. The average Bonchev–Trinajstić information content (AvgIpc) is 2.44. The van der Waals surface area contributed by atoms with Gasteiger partial charge in [-0.25, -0.2) is 0 Å². The topological polar surface area (TPSA) is 61.4 Å². The molecular weight excluding hydrogens is 252 g/mol. The van der Waals surface area contributed by atoms with Gasteiger partial charge in [0, 0.05) is 19.7 Å².